The van der Waals surface area contributed by atoms with Crippen molar-refractivity contribution in [3.8, 4) is 5.75 Å². The maximum Gasteiger partial charge on any atom is 0.338 e. The second-order valence-electron chi connectivity index (χ2n) is 7.52. The number of methoxy groups -OCH3 is 2. The van der Waals surface area contributed by atoms with Crippen LogP contribution >= 0.6 is 0 Å². The van der Waals surface area contributed by atoms with Gasteiger partial charge in [-0.05, 0) is 56.3 Å². The van der Waals surface area contributed by atoms with Gasteiger partial charge in [0.05, 0.1) is 42.2 Å². The zero-order valence-electron chi connectivity index (χ0n) is 20.1. The van der Waals surface area contributed by atoms with Crippen LogP contribution < -0.4 is 10.1 Å². The van der Waals surface area contributed by atoms with Crippen LogP contribution in [0.15, 0.2) is 47.0 Å². The highest BCUT2D eigenvalue weighted by molar-refractivity contribution is 6.00. The number of benzene rings is 2. The van der Waals surface area contributed by atoms with E-state index in [1.54, 1.807) is 19.1 Å². The third kappa shape index (κ3) is 6.47. The lowest BCUT2D eigenvalue weighted by Gasteiger charge is -2.10. The summed E-state index contributed by atoms with van der Waals surface area (Å²) >= 11 is 0. The Balaban J connectivity index is 1.57. The fourth-order valence-corrected chi connectivity index (χ4v) is 3.13. The monoisotopic (exact) mass is 496 g/mol. The average molecular weight is 496 g/mol. The first-order valence-electron chi connectivity index (χ1n) is 10.6. The molecule has 11 nitrogen and oxygen atoms in total. The second kappa shape index (κ2) is 11.6. The molecule has 0 saturated heterocycles. The Kier molecular flexibility index (Phi) is 8.39. The first-order chi connectivity index (χ1) is 17.2. The van der Waals surface area contributed by atoms with Crippen LogP contribution in [0.2, 0.25) is 0 Å². The molecular formula is C25H24N2O9. The topological polar surface area (TPSA) is 143 Å². The SMILES string of the molecule is COC(=O)c1cc(NC(=O)COC(=O)c2ccc(OCc3c(C)noc3C)cc2)cc(C(=O)OC)c1. The van der Waals surface area contributed by atoms with Gasteiger partial charge in [-0.3, -0.25) is 4.79 Å². The van der Waals surface area contributed by atoms with E-state index >= 15 is 0 Å². The van der Waals surface area contributed by atoms with E-state index < -0.39 is 30.4 Å². The number of carbonyl (C=O) groups is 4. The highest BCUT2D eigenvalue weighted by Gasteiger charge is 2.16. The minimum atomic E-state index is -0.721. The molecular weight excluding hydrogens is 472 g/mol. The number of aromatic nitrogens is 1. The van der Waals surface area contributed by atoms with Crippen molar-refractivity contribution in [1.29, 1.82) is 0 Å². The van der Waals surface area contributed by atoms with Gasteiger partial charge in [0.2, 0.25) is 0 Å². The summed E-state index contributed by atoms with van der Waals surface area (Å²) < 4.78 is 25.2. The molecule has 0 saturated carbocycles. The molecule has 0 aliphatic carbocycles. The molecule has 2 aromatic carbocycles. The van der Waals surface area contributed by atoms with Crippen LogP contribution in [0, 0.1) is 13.8 Å². The molecule has 0 aliphatic heterocycles. The Morgan fingerprint density at radius 1 is 0.861 bits per heavy atom. The van der Waals surface area contributed by atoms with Gasteiger partial charge in [0.1, 0.15) is 18.1 Å². The molecule has 0 unspecified atom stereocenters. The second-order valence-corrected chi connectivity index (χ2v) is 7.52. The fraction of sp³-hybridized carbons (Fsp3) is 0.240. The number of hydrogen-bond acceptors (Lipinski definition) is 10. The van der Waals surface area contributed by atoms with Crippen LogP contribution in [0.25, 0.3) is 0 Å². The van der Waals surface area contributed by atoms with Crippen molar-refractivity contribution in [3.63, 3.8) is 0 Å². The van der Waals surface area contributed by atoms with E-state index in [4.69, 9.17) is 14.0 Å². The summed E-state index contributed by atoms with van der Waals surface area (Å²) in [5.41, 5.74) is 1.99. The van der Waals surface area contributed by atoms with Crippen molar-refractivity contribution in [1.82, 2.24) is 5.16 Å². The van der Waals surface area contributed by atoms with E-state index in [9.17, 15) is 19.2 Å². The predicted octanol–water partition coefficient (Wildman–Crippen LogP) is 3.24. The molecule has 11 heteroatoms. The molecule has 0 aliphatic rings. The van der Waals surface area contributed by atoms with Crippen LogP contribution in [0.1, 0.15) is 48.1 Å². The molecule has 0 radical (unpaired) electrons. The molecule has 0 bridgehead atoms. The molecule has 1 aromatic heterocycles. The van der Waals surface area contributed by atoms with Crippen molar-refractivity contribution < 1.29 is 42.6 Å². The quantitative estimate of drug-likeness (QED) is 0.346. The highest BCUT2D eigenvalue weighted by atomic mass is 16.5. The predicted molar refractivity (Wildman–Crippen MR) is 125 cm³/mol. The van der Waals surface area contributed by atoms with Crippen molar-refractivity contribution in [2.75, 3.05) is 26.1 Å². The Hall–Kier alpha value is -4.67. The Bertz CT molecular complexity index is 1230. The summed E-state index contributed by atoms with van der Waals surface area (Å²) in [7, 11) is 2.37. The number of rotatable bonds is 9. The van der Waals surface area contributed by atoms with Gasteiger partial charge >= 0.3 is 17.9 Å². The Morgan fingerprint density at radius 3 is 2.00 bits per heavy atom. The van der Waals surface area contributed by atoms with Crippen LogP contribution in [-0.2, 0) is 25.6 Å². The molecule has 0 atom stereocenters. The third-order valence-corrected chi connectivity index (χ3v) is 5.05. The number of nitrogens with one attached hydrogen (secondary N) is 1. The maximum absolute atomic E-state index is 12.3. The number of amides is 1. The number of ether oxygens (including phenoxy) is 4. The number of anilines is 1. The van der Waals surface area contributed by atoms with Gasteiger partial charge in [0.25, 0.3) is 5.91 Å². The van der Waals surface area contributed by atoms with Gasteiger partial charge in [-0.25, -0.2) is 14.4 Å². The minimum absolute atomic E-state index is 0.0318. The number of hydrogen-bond donors (Lipinski definition) is 1. The van der Waals surface area contributed by atoms with Crippen molar-refractivity contribution in [3.05, 3.63) is 76.2 Å². The van der Waals surface area contributed by atoms with Crippen LogP contribution in [-0.4, -0.2) is 49.8 Å². The maximum atomic E-state index is 12.3. The number of nitrogens with zero attached hydrogens (tertiary/aromatic N) is 1. The van der Waals surface area contributed by atoms with Crippen LogP contribution in [0.5, 0.6) is 5.75 Å². The van der Waals surface area contributed by atoms with Crippen LogP contribution in [0.4, 0.5) is 5.69 Å². The standard InChI is InChI=1S/C25H24N2O9/c1-14-21(15(2)36-27-14)12-34-20-7-5-16(6-8-20)25(31)35-13-22(28)26-19-10-17(23(29)32-3)9-18(11-19)24(30)33-4/h5-11H,12-13H2,1-4H3,(H,26,28). The summed E-state index contributed by atoms with van der Waals surface area (Å²) in [4.78, 5) is 48.4. The Labute approximate surface area is 206 Å². The average Bonchev–Trinajstić information content (AvgIpc) is 3.21. The summed E-state index contributed by atoms with van der Waals surface area (Å²) in [6.07, 6.45) is 0. The number of aryl methyl sites for hydroxylation is 2. The first-order valence-corrected chi connectivity index (χ1v) is 10.6. The molecule has 0 spiro atoms. The van der Waals surface area contributed by atoms with Gasteiger partial charge in [0.15, 0.2) is 6.61 Å². The van der Waals surface area contributed by atoms with Gasteiger partial charge in [0, 0.05) is 5.69 Å². The van der Waals surface area contributed by atoms with E-state index in [0.717, 1.165) is 11.3 Å². The molecule has 3 aromatic rings. The molecule has 0 fully saturated rings. The fourth-order valence-electron chi connectivity index (χ4n) is 3.13. The molecule has 36 heavy (non-hydrogen) atoms. The van der Waals surface area contributed by atoms with E-state index in [1.165, 1.54) is 44.6 Å². The number of esters is 3. The minimum Gasteiger partial charge on any atom is -0.489 e. The summed E-state index contributed by atoms with van der Waals surface area (Å²) in [6.45, 7) is 3.28. The zero-order valence-corrected chi connectivity index (χ0v) is 20.1. The summed E-state index contributed by atoms with van der Waals surface area (Å²) in [6, 6.07) is 10.1. The van der Waals surface area contributed by atoms with Crippen molar-refractivity contribution in [2.45, 2.75) is 20.5 Å². The molecule has 1 N–H and O–H groups in total. The lowest BCUT2D eigenvalue weighted by Crippen LogP contribution is -2.21. The Morgan fingerprint density at radius 2 is 1.47 bits per heavy atom. The van der Waals surface area contributed by atoms with Crippen LogP contribution in [0.3, 0.4) is 0 Å². The third-order valence-electron chi connectivity index (χ3n) is 5.05. The van der Waals surface area contributed by atoms with Gasteiger partial charge in [-0.2, -0.15) is 0 Å². The van der Waals surface area contributed by atoms with Gasteiger partial charge < -0.3 is 28.8 Å². The lowest BCUT2D eigenvalue weighted by atomic mass is 10.1. The zero-order chi connectivity index (χ0) is 26.2. The van der Waals surface area contributed by atoms with Crippen molar-refractivity contribution in [2.24, 2.45) is 0 Å². The van der Waals surface area contributed by atoms with Gasteiger partial charge in [-0.1, -0.05) is 5.16 Å². The lowest BCUT2D eigenvalue weighted by molar-refractivity contribution is -0.119. The molecule has 1 amide bonds. The van der Waals surface area contributed by atoms with E-state index in [-0.39, 0.29) is 29.0 Å². The van der Waals surface area contributed by atoms with Gasteiger partial charge in [-0.15, -0.1) is 0 Å². The van der Waals surface area contributed by atoms with Crippen molar-refractivity contribution >= 4 is 29.5 Å². The van der Waals surface area contributed by atoms with E-state index in [1.807, 2.05) is 6.92 Å². The summed E-state index contributed by atoms with van der Waals surface area (Å²) in [5, 5.41) is 6.34. The normalized spacial score (nSPS) is 10.3. The van der Waals surface area contributed by atoms with E-state index in [0.29, 0.717) is 11.5 Å². The molecule has 1 heterocycles. The largest absolute Gasteiger partial charge is 0.489 e. The van der Waals surface area contributed by atoms with E-state index in [2.05, 4.69) is 19.9 Å². The highest BCUT2D eigenvalue weighted by Crippen LogP contribution is 2.19. The molecule has 3 rings (SSSR count). The summed E-state index contributed by atoms with van der Waals surface area (Å²) in [5.74, 6) is -1.62. The number of carbonyl (C=O) groups excluding carboxylic acids is 4. The first kappa shape index (κ1) is 25.9. The molecule has 188 valence electrons. The smallest absolute Gasteiger partial charge is 0.338 e.